The second-order valence-corrected chi connectivity index (χ2v) is 5.56. The standard InChI is InChI=1S/C16H20F3NO4/c1-10(15(23)24-3)8-20(9-11(2)21)14(22)12-4-6-13(7-5-12)16(17,18)19/h4-7,10-11,21H,8-9H2,1-3H3. The van der Waals surface area contributed by atoms with Crippen LogP contribution in [0.3, 0.4) is 0 Å². The molecule has 0 fully saturated rings. The van der Waals surface area contributed by atoms with Crippen molar-refractivity contribution in [1.82, 2.24) is 4.90 Å². The van der Waals surface area contributed by atoms with Crippen molar-refractivity contribution in [2.75, 3.05) is 20.2 Å². The molecule has 0 aliphatic heterocycles. The van der Waals surface area contributed by atoms with E-state index in [9.17, 15) is 27.9 Å². The maximum Gasteiger partial charge on any atom is 0.416 e. The molecule has 0 saturated carbocycles. The van der Waals surface area contributed by atoms with Crippen molar-refractivity contribution in [2.45, 2.75) is 26.1 Å². The van der Waals surface area contributed by atoms with Gasteiger partial charge < -0.3 is 14.7 Å². The molecule has 2 atom stereocenters. The van der Waals surface area contributed by atoms with Crippen molar-refractivity contribution < 1.29 is 32.6 Å². The normalized spacial score (nSPS) is 14.0. The summed E-state index contributed by atoms with van der Waals surface area (Å²) >= 11 is 0. The Morgan fingerprint density at radius 3 is 2.12 bits per heavy atom. The van der Waals surface area contributed by atoms with Crippen LogP contribution in [-0.2, 0) is 15.7 Å². The minimum absolute atomic E-state index is 0.0164. The first-order valence-electron chi connectivity index (χ1n) is 7.28. The van der Waals surface area contributed by atoms with Crippen molar-refractivity contribution in [3.8, 4) is 0 Å². The number of aliphatic hydroxyl groups excluding tert-OH is 1. The molecule has 1 amide bonds. The highest BCUT2D eigenvalue weighted by Crippen LogP contribution is 2.29. The van der Waals surface area contributed by atoms with Gasteiger partial charge in [-0.1, -0.05) is 6.92 Å². The predicted octanol–water partition coefficient (Wildman–Crippen LogP) is 2.34. The summed E-state index contributed by atoms with van der Waals surface area (Å²) in [4.78, 5) is 25.2. The first-order valence-corrected chi connectivity index (χ1v) is 7.28. The van der Waals surface area contributed by atoms with E-state index in [1.807, 2.05) is 0 Å². The molecule has 0 saturated heterocycles. The van der Waals surface area contributed by atoms with Gasteiger partial charge in [0.2, 0.25) is 0 Å². The third-order valence-corrected chi connectivity index (χ3v) is 3.33. The van der Waals surface area contributed by atoms with Gasteiger partial charge in [0.25, 0.3) is 5.91 Å². The van der Waals surface area contributed by atoms with Gasteiger partial charge in [0.15, 0.2) is 0 Å². The highest BCUT2D eigenvalue weighted by molar-refractivity contribution is 5.94. The van der Waals surface area contributed by atoms with Gasteiger partial charge in [-0.3, -0.25) is 9.59 Å². The SMILES string of the molecule is COC(=O)C(C)CN(CC(C)O)C(=O)c1ccc(C(F)(F)F)cc1. The second kappa shape index (κ2) is 8.14. The lowest BCUT2D eigenvalue weighted by molar-refractivity contribution is -0.145. The number of carbonyl (C=O) groups is 2. The molecule has 0 spiro atoms. The molecule has 5 nitrogen and oxygen atoms in total. The van der Waals surface area contributed by atoms with Crippen LogP contribution in [0.15, 0.2) is 24.3 Å². The summed E-state index contributed by atoms with van der Waals surface area (Å²) in [6.07, 6.45) is -5.34. The number of amides is 1. The topological polar surface area (TPSA) is 66.8 Å². The van der Waals surface area contributed by atoms with Crippen LogP contribution in [0.1, 0.15) is 29.8 Å². The zero-order valence-corrected chi connectivity index (χ0v) is 13.6. The van der Waals surface area contributed by atoms with Crippen LogP contribution in [0.25, 0.3) is 0 Å². The molecular formula is C16H20F3NO4. The lowest BCUT2D eigenvalue weighted by Crippen LogP contribution is -2.41. The van der Waals surface area contributed by atoms with Gasteiger partial charge in [-0.2, -0.15) is 13.2 Å². The number of carbonyl (C=O) groups excluding carboxylic acids is 2. The number of halogens is 3. The molecular weight excluding hydrogens is 327 g/mol. The smallest absolute Gasteiger partial charge is 0.416 e. The Balaban J connectivity index is 2.97. The number of methoxy groups -OCH3 is 1. The molecule has 134 valence electrons. The molecule has 1 N–H and O–H groups in total. The predicted molar refractivity (Wildman–Crippen MR) is 80.2 cm³/mol. The number of nitrogens with zero attached hydrogens (tertiary/aromatic N) is 1. The first-order chi connectivity index (χ1) is 11.1. The quantitative estimate of drug-likeness (QED) is 0.802. The van der Waals surface area contributed by atoms with Gasteiger partial charge in [-0.15, -0.1) is 0 Å². The fourth-order valence-electron chi connectivity index (χ4n) is 2.15. The van der Waals surface area contributed by atoms with Gasteiger partial charge in [-0.05, 0) is 31.2 Å². The van der Waals surface area contributed by atoms with Crippen LogP contribution in [-0.4, -0.2) is 48.2 Å². The van der Waals surface area contributed by atoms with E-state index in [-0.39, 0.29) is 18.7 Å². The highest BCUT2D eigenvalue weighted by atomic mass is 19.4. The summed E-state index contributed by atoms with van der Waals surface area (Å²) in [6, 6.07) is 3.78. The molecule has 0 heterocycles. The van der Waals surface area contributed by atoms with E-state index in [2.05, 4.69) is 4.74 Å². The van der Waals surface area contributed by atoms with E-state index in [1.165, 1.54) is 18.9 Å². The Labute approximate surface area is 138 Å². The van der Waals surface area contributed by atoms with Crippen molar-refractivity contribution in [2.24, 2.45) is 5.92 Å². The fourth-order valence-corrected chi connectivity index (χ4v) is 2.15. The van der Waals surface area contributed by atoms with Crippen LogP contribution in [0.2, 0.25) is 0 Å². The lowest BCUT2D eigenvalue weighted by atomic mass is 10.1. The van der Waals surface area contributed by atoms with Crippen LogP contribution >= 0.6 is 0 Å². The Hall–Kier alpha value is -2.09. The molecule has 2 unspecified atom stereocenters. The lowest BCUT2D eigenvalue weighted by Gasteiger charge is -2.26. The summed E-state index contributed by atoms with van der Waals surface area (Å²) in [6.45, 7) is 2.95. The summed E-state index contributed by atoms with van der Waals surface area (Å²) in [7, 11) is 1.22. The number of benzene rings is 1. The molecule has 0 aromatic heterocycles. The van der Waals surface area contributed by atoms with Crippen molar-refractivity contribution in [1.29, 1.82) is 0 Å². The second-order valence-electron chi connectivity index (χ2n) is 5.56. The Kier molecular flexibility index (Phi) is 6.77. The van der Waals surface area contributed by atoms with E-state index in [0.29, 0.717) is 0 Å². The summed E-state index contributed by atoms with van der Waals surface area (Å²) in [5.74, 6) is -1.72. The Morgan fingerprint density at radius 2 is 1.71 bits per heavy atom. The number of ether oxygens (including phenoxy) is 1. The van der Waals surface area contributed by atoms with E-state index >= 15 is 0 Å². The van der Waals surface area contributed by atoms with E-state index < -0.39 is 35.6 Å². The van der Waals surface area contributed by atoms with Gasteiger partial charge in [0.1, 0.15) is 0 Å². The molecule has 8 heteroatoms. The maximum absolute atomic E-state index is 12.6. The summed E-state index contributed by atoms with van der Waals surface area (Å²) in [5.41, 5.74) is -0.815. The first kappa shape index (κ1) is 20.0. The highest BCUT2D eigenvalue weighted by Gasteiger charge is 2.31. The average molecular weight is 347 g/mol. The molecule has 0 bridgehead atoms. The van der Waals surface area contributed by atoms with E-state index in [4.69, 9.17) is 0 Å². The number of aliphatic hydroxyl groups is 1. The number of hydrogen-bond donors (Lipinski definition) is 1. The minimum atomic E-state index is -4.49. The molecule has 0 aliphatic carbocycles. The number of hydrogen-bond acceptors (Lipinski definition) is 4. The Morgan fingerprint density at radius 1 is 1.17 bits per heavy atom. The van der Waals surface area contributed by atoms with E-state index in [0.717, 1.165) is 24.3 Å². The molecule has 1 rings (SSSR count). The minimum Gasteiger partial charge on any atom is -0.469 e. The maximum atomic E-state index is 12.6. The third-order valence-electron chi connectivity index (χ3n) is 3.33. The molecule has 1 aromatic carbocycles. The van der Waals surface area contributed by atoms with Crippen molar-refractivity contribution >= 4 is 11.9 Å². The fraction of sp³-hybridized carbons (Fsp3) is 0.500. The van der Waals surface area contributed by atoms with Crippen LogP contribution in [0.5, 0.6) is 0 Å². The van der Waals surface area contributed by atoms with Gasteiger partial charge in [0.05, 0.1) is 24.7 Å². The van der Waals surface area contributed by atoms with E-state index in [1.54, 1.807) is 6.92 Å². The zero-order valence-electron chi connectivity index (χ0n) is 13.6. The zero-order chi connectivity index (χ0) is 18.5. The molecule has 0 aliphatic rings. The van der Waals surface area contributed by atoms with Crippen LogP contribution in [0, 0.1) is 5.92 Å². The number of esters is 1. The third kappa shape index (κ3) is 5.52. The number of rotatable bonds is 6. The van der Waals surface area contributed by atoms with Gasteiger partial charge in [-0.25, -0.2) is 0 Å². The van der Waals surface area contributed by atoms with Gasteiger partial charge >= 0.3 is 12.1 Å². The summed E-state index contributed by atoms with van der Waals surface area (Å²) in [5, 5.41) is 9.52. The molecule has 24 heavy (non-hydrogen) atoms. The molecule has 0 radical (unpaired) electrons. The summed E-state index contributed by atoms with van der Waals surface area (Å²) < 4.78 is 42.3. The Bertz CT molecular complexity index is 570. The van der Waals surface area contributed by atoms with Crippen molar-refractivity contribution in [3.05, 3.63) is 35.4 Å². The monoisotopic (exact) mass is 347 g/mol. The average Bonchev–Trinajstić information content (AvgIpc) is 2.51. The molecule has 1 aromatic rings. The number of alkyl halides is 3. The van der Waals surface area contributed by atoms with Gasteiger partial charge in [0, 0.05) is 18.7 Å². The van der Waals surface area contributed by atoms with Crippen LogP contribution < -0.4 is 0 Å². The van der Waals surface area contributed by atoms with Crippen LogP contribution in [0.4, 0.5) is 13.2 Å². The largest absolute Gasteiger partial charge is 0.469 e. The van der Waals surface area contributed by atoms with Crippen molar-refractivity contribution in [3.63, 3.8) is 0 Å².